The molecule has 0 aliphatic carbocycles. The molecule has 2 aromatic heterocycles. The van der Waals surface area contributed by atoms with Crippen LogP contribution in [-0.4, -0.2) is 48.9 Å². The van der Waals surface area contributed by atoms with Crippen LogP contribution in [-0.2, 0) is 9.16 Å². The molecule has 0 saturated carbocycles. The number of ether oxygens (including phenoxy) is 2. The minimum absolute atomic E-state index is 0.0106. The number of carbonyl (C=O) groups excluding carboxylic acids is 1. The molecule has 0 fully saturated rings. The van der Waals surface area contributed by atoms with Crippen LogP contribution in [0.1, 0.15) is 44.2 Å². The van der Waals surface area contributed by atoms with Crippen LogP contribution in [0.2, 0.25) is 23.3 Å². The van der Waals surface area contributed by atoms with Gasteiger partial charge in [-0.1, -0.05) is 49.7 Å². The molecule has 3 rings (SSSR count). The van der Waals surface area contributed by atoms with Gasteiger partial charge in [-0.25, -0.2) is 14.8 Å². The van der Waals surface area contributed by atoms with Crippen LogP contribution in [0, 0.1) is 20.8 Å². The Morgan fingerprint density at radius 1 is 1.18 bits per heavy atom. The monoisotopic (exact) mass is 560 g/mol. The fraction of sp³-hybridized carbons (Fsp3) is 0.481. The predicted octanol–water partition coefficient (Wildman–Crippen LogP) is 6.63. The van der Waals surface area contributed by atoms with Crippen molar-refractivity contribution in [1.29, 1.82) is 0 Å². The number of hydrogen-bond acceptors (Lipinski definition) is 8. The summed E-state index contributed by atoms with van der Waals surface area (Å²) >= 11 is 6.51. The van der Waals surface area contributed by atoms with Gasteiger partial charge in [-0.05, 0) is 51.0 Å². The molecule has 1 atom stereocenters. The van der Waals surface area contributed by atoms with Gasteiger partial charge < -0.3 is 24.2 Å². The van der Waals surface area contributed by atoms with Crippen molar-refractivity contribution >= 4 is 26.0 Å². The first-order valence-electron chi connectivity index (χ1n) is 12.5. The standard InChI is InChI=1S/C27H37ClN4O5Si/c1-16-23(22-17(2)32-36-18(22)3)30-25(31-24(16)28)19-10-9-11-20(14-19)35-15-21(12-13-34-26(29)33)37-38(7,8)27(4,5)6/h9-11,14,21H,12-13,15H2,1-8H3,(H2,29,33)/t21-/m1/s1. The smallest absolute Gasteiger partial charge is 0.404 e. The maximum Gasteiger partial charge on any atom is 0.404 e. The van der Waals surface area contributed by atoms with Crippen molar-refractivity contribution < 1.29 is 23.2 Å². The fourth-order valence-corrected chi connectivity index (χ4v) is 5.20. The van der Waals surface area contributed by atoms with Crippen molar-refractivity contribution in [3.05, 3.63) is 46.4 Å². The molecule has 0 saturated heterocycles. The van der Waals surface area contributed by atoms with Gasteiger partial charge in [0, 0.05) is 17.5 Å². The molecule has 0 bridgehead atoms. The fourth-order valence-electron chi connectivity index (χ4n) is 3.66. The topological polar surface area (TPSA) is 123 Å². The molecule has 38 heavy (non-hydrogen) atoms. The zero-order valence-electron chi connectivity index (χ0n) is 23.3. The van der Waals surface area contributed by atoms with E-state index in [0.29, 0.717) is 34.6 Å². The Morgan fingerprint density at radius 2 is 1.89 bits per heavy atom. The Hall–Kier alpha value is -2.95. The summed E-state index contributed by atoms with van der Waals surface area (Å²) in [6, 6.07) is 7.49. The number of primary amides is 1. The summed E-state index contributed by atoms with van der Waals surface area (Å²) in [7, 11) is -2.10. The molecule has 3 aromatic rings. The molecule has 0 unspecified atom stereocenters. The molecule has 2 heterocycles. The minimum Gasteiger partial charge on any atom is -0.491 e. The van der Waals surface area contributed by atoms with E-state index >= 15 is 0 Å². The van der Waals surface area contributed by atoms with Crippen LogP contribution < -0.4 is 10.5 Å². The highest BCUT2D eigenvalue weighted by atomic mass is 35.5. The summed E-state index contributed by atoms with van der Waals surface area (Å²) in [6.07, 6.45) is -0.625. The van der Waals surface area contributed by atoms with Crippen molar-refractivity contribution in [3.63, 3.8) is 0 Å². The van der Waals surface area contributed by atoms with E-state index in [-0.39, 0.29) is 24.4 Å². The second-order valence-corrected chi connectivity index (χ2v) is 15.9. The van der Waals surface area contributed by atoms with E-state index in [9.17, 15) is 4.79 Å². The van der Waals surface area contributed by atoms with Crippen LogP contribution in [0.3, 0.4) is 0 Å². The number of nitrogens with zero attached hydrogens (tertiary/aromatic N) is 3. The molecule has 1 aromatic carbocycles. The molecular formula is C27H37ClN4O5Si. The number of aryl methyl sites for hydroxylation is 2. The minimum atomic E-state index is -2.10. The number of rotatable bonds is 10. The van der Waals surface area contributed by atoms with Crippen LogP contribution in [0.4, 0.5) is 4.79 Å². The van der Waals surface area contributed by atoms with Gasteiger partial charge >= 0.3 is 6.09 Å². The first-order chi connectivity index (χ1) is 17.7. The lowest BCUT2D eigenvalue weighted by Crippen LogP contribution is -2.45. The van der Waals surface area contributed by atoms with Crippen molar-refractivity contribution in [3.8, 4) is 28.4 Å². The Bertz CT molecular complexity index is 1270. The largest absolute Gasteiger partial charge is 0.491 e. The predicted molar refractivity (Wildman–Crippen MR) is 150 cm³/mol. The molecule has 11 heteroatoms. The zero-order chi connectivity index (χ0) is 28.3. The Balaban J connectivity index is 1.84. The molecule has 0 radical (unpaired) electrons. The maximum atomic E-state index is 11.1. The summed E-state index contributed by atoms with van der Waals surface area (Å²) in [5.74, 6) is 1.75. The van der Waals surface area contributed by atoms with Gasteiger partial charge in [0.25, 0.3) is 0 Å². The number of amides is 1. The maximum absolute atomic E-state index is 11.1. The van der Waals surface area contributed by atoms with E-state index in [2.05, 4.69) is 44.0 Å². The summed E-state index contributed by atoms with van der Waals surface area (Å²) < 4.78 is 23.0. The van der Waals surface area contributed by atoms with Gasteiger partial charge in [0.15, 0.2) is 14.1 Å². The molecule has 206 valence electrons. The highest BCUT2D eigenvalue weighted by Gasteiger charge is 2.39. The van der Waals surface area contributed by atoms with Crippen LogP contribution in [0.15, 0.2) is 28.8 Å². The summed E-state index contributed by atoms with van der Waals surface area (Å²) in [4.78, 5) is 20.4. The molecule has 0 aliphatic rings. The van der Waals surface area contributed by atoms with Crippen LogP contribution >= 0.6 is 11.6 Å². The van der Waals surface area contributed by atoms with Gasteiger partial charge in [-0.3, -0.25) is 0 Å². The first-order valence-corrected chi connectivity index (χ1v) is 15.8. The number of benzene rings is 1. The second-order valence-electron chi connectivity index (χ2n) is 10.8. The SMILES string of the molecule is Cc1noc(C)c1-c1nc(-c2cccc(OC[C@@H](CCOC(N)=O)O[Si](C)(C)C(C)(C)C)c2)nc(Cl)c1C. The van der Waals surface area contributed by atoms with Gasteiger partial charge in [0.05, 0.1) is 29.7 Å². The first kappa shape index (κ1) is 29.6. The highest BCUT2D eigenvalue weighted by molar-refractivity contribution is 6.74. The van der Waals surface area contributed by atoms with E-state index in [1.165, 1.54) is 0 Å². The molecule has 1 amide bonds. The number of nitrogens with two attached hydrogens (primary N) is 1. The van der Waals surface area contributed by atoms with Gasteiger partial charge in [0.1, 0.15) is 23.3 Å². The average molecular weight is 561 g/mol. The third kappa shape index (κ3) is 7.12. The number of aromatic nitrogens is 3. The van der Waals surface area contributed by atoms with Crippen LogP contribution in [0.25, 0.3) is 22.6 Å². The van der Waals surface area contributed by atoms with Gasteiger partial charge in [-0.2, -0.15) is 0 Å². The van der Waals surface area contributed by atoms with E-state index in [1.807, 2.05) is 45.0 Å². The highest BCUT2D eigenvalue weighted by Crippen LogP contribution is 2.38. The van der Waals surface area contributed by atoms with E-state index in [0.717, 1.165) is 22.4 Å². The lowest BCUT2D eigenvalue weighted by molar-refractivity contribution is 0.0809. The summed E-state index contributed by atoms with van der Waals surface area (Å²) in [6.45, 7) is 16.9. The number of halogens is 1. The number of hydrogen-bond donors (Lipinski definition) is 1. The van der Waals surface area contributed by atoms with Crippen molar-refractivity contribution in [1.82, 2.24) is 15.1 Å². The van der Waals surface area contributed by atoms with Crippen molar-refractivity contribution in [2.24, 2.45) is 5.73 Å². The Morgan fingerprint density at radius 3 is 2.50 bits per heavy atom. The van der Waals surface area contributed by atoms with Gasteiger partial charge in [-0.15, -0.1) is 0 Å². The Kier molecular flexibility index (Phi) is 9.22. The lowest BCUT2D eigenvalue weighted by atomic mass is 10.1. The molecule has 2 N–H and O–H groups in total. The molecule has 9 nitrogen and oxygen atoms in total. The third-order valence-electron chi connectivity index (χ3n) is 6.84. The molecule has 0 spiro atoms. The normalized spacial score (nSPS) is 12.9. The molecule has 0 aliphatic heterocycles. The van der Waals surface area contributed by atoms with E-state index in [4.69, 9.17) is 40.7 Å². The van der Waals surface area contributed by atoms with E-state index in [1.54, 1.807) is 0 Å². The van der Waals surface area contributed by atoms with Crippen molar-refractivity contribution in [2.45, 2.75) is 72.2 Å². The quantitative estimate of drug-likeness (QED) is 0.216. The lowest BCUT2D eigenvalue weighted by Gasteiger charge is -2.39. The van der Waals surface area contributed by atoms with Crippen molar-refractivity contribution in [2.75, 3.05) is 13.2 Å². The van der Waals surface area contributed by atoms with Gasteiger partial charge in [0.2, 0.25) is 0 Å². The van der Waals surface area contributed by atoms with Crippen LogP contribution in [0.5, 0.6) is 5.75 Å². The number of carbonyl (C=O) groups is 1. The Labute approximate surface area is 230 Å². The summed E-state index contributed by atoms with van der Waals surface area (Å²) in [5, 5.41) is 4.42. The molecular weight excluding hydrogens is 524 g/mol. The second kappa shape index (κ2) is 11.8. The van der Waals surface area contributed by atoms with E-state index < -0.39 is 14.4 Å². The zero-order valence-corrected chi connectivity index (χ0v) is 25.1. The third-order valence-corrected chi connectivity index (χ3v) is 11.7. The summed E-state index contributed by atoms with van der Waals surface area (Å²) in [5.41, 5.74) is 8.86. The average Bonchev–Trinajstić information content (AvgIpc) is 3.16.